The number of hydrogen-bond acceptors (Lipinski definition) is 2. The van der Waals surface area contributed by atoms with Gasteiger partial charge in [0.25, 0.3) is 0 Å². The van der Waals surface area contributed by atoms with E-state index in [0.717, 1.165) is 12.4 Å². The Morgan fingerprint density at radius 1 is 1.36 bits per heavy atom. The Morgan fingerprint density at radius 3 is 2.64 bits per heavy atom. The van der Waals surface area contributed by atoms with Crippen LogP contribution in [0.5, 0.6) is 0 Å². The molecule has 0 fully saturated rings. The first-order chi connectivity index (χ1) is 6.65. The number of rotatable bonds is 5. The van der Waals surface area contributed by atoms with Crippen molar-refractivity contribution in [2.24, 2.45) is 5.92 Å². The fraction of sp³-hybridized carbons (Fsp3) is 0.818. The molecule has 0 saturated carbocycles. The molecule has 0 N–H and O–H groups in total. The summed E-state index contributed by atoms with van der Waals surface area (Å²) in [6.07, 6.45) is 4.24. The Labute approximate surface area is 86.5 Å². The molecule has 0 aliphatic heterocycles. The standard InChI is InChI=1S/C11H21N3/c1-5-6-10(4)11-13-12-8-14(11)7-9(2)3/h8-10H,5-7H2,1-4H3. The molecule has 1 unspecified atom stereocenters. The van der Waals surface area contributed by atoms with E-state index < -0.39 is 0 Å². The molecule has 0 spiro atoms. The topological polar surface area (TPSA) is 30.7 Å². The molecule has 0 radical (unpaired) electrons. The summed E-state index contributed by atoms with van der Waals surface area (Å²) >= 11 is 0. The molecule has 1 heterocycles. The predicted octanol–water partition coefficient (Wildman–Crippen LogP) is 2.84. The van der Waals surface area contributed by atoms with Gasteiger partial charge in [-0.05, 0) is 12.3 Å². The maximum Gasteiger partial charge on any atom is 0.135 e. The lowest BCUT2D eigenvalue weighted by Crippen LogP contribution is -2.10. The van der Waals surface area contributed by atoms with E-state index in [1.807, 2.05) is 6.33 Å². The van der Waals surface area contributed by atoms with Gasteiger partial charge in [-0.15, -0.1) is 10.2 Å². The molecule has 80 valence electrons. The van der Waals surface area contributed by atoms with Crippen molar-refractivity contribution in [2.75, 3.05) is 0 Å². The van der Waals surface area contributed by atoms with Gasteiger partial charge < -0.3 is 4.57 Å². The highest BCUT2D eigenvalue weighted by atomic mass is 15.3. The van der Waals surface area contributed by atoms with E-state index in [2.05, 4.69) is 42.5 Å². The maximum atomic E-state index is 4.20. The minimum absolute atomic E-state index is 0.529. The van der Waals surface area contributed by atoms with E-state index >= 15 is 0 Å². The molecule has 0 amide bonds. The van der Waals surface area contributed by atoms with Gasteiger partial charge in [0.05, 0.1) is 0 Å². The largest absolute Gasteiger partial charge is 0.317 e. The Bertz CT molecular complexity index is 265. The zero-order valence-corrected chi connectivity index (χ0v) is 9.70. The van der Waals surface area contributed by atoms with Crippen LogP contribution in [0.4, 0.5) is 0 Å². The Morgan fingerprint density at radius 2 is 2.07 bits per heavy atom. The summed E-state index contributed by atoms with van der Waals surface area (Å²) in [5.74, 6) is 2.32. The fourth-order valence-electron chi connectivity index (χ4n) is 1.74. The van der Waals surface area contributed by atoms with Crippen LogP contribution in [0.25, 0.3) is 0 Å². The van der Waals surface area contributed by atoms with E-state index in [1.165, 1.54) is 12.8 Å². The third kappa shape index (κ3) is 2.82. The second-order valence-corrected chi connectivity index (χ2v) is 4.43. The molecule has 3 nitrogen and oxygen atoms in total. The SMILES string of the molecule is CCCC(C)c1nncn1CC(C)C. The van der Waals surface area contributed by atoms with E-state index in [9.17, 15) is 0 Å². The highest BCUT2D eigenvalue weighted by Crippen LogP contribution is 2.18. The number of aromatic nitrogens is 3. The van der Waals surface area contributed by atoms with Crippen LogP contribution in [0.2, 0.25) is 0 Å². The maximum absolute atomic E-state index is 4.20. The van der Waals surface area contributed by atoms with Crippen molar-refractivity contribution >= 4 is 0 Å². The van der Waals surface area contributed by atoms with Crippen molar-refractivity contribution in [3.8, 4) is 0 Å². The average molecular weight is 195 g/mol. The molecule has 3 heteroatoms. The summed E-state index contributed by atoms with van der Waals surface area (Å²) in [6, 6.07) is 0. The van der Waals surface area contributed by atoms with Crippen LogP contribution >= 0.6 is 0 Å². The van der Waals surface area contributed by atoms with Gasteiger partial charge in [-0.3, -0.25) is 0 Å². The van der Waals surface area contributed by atoms with Gasteiger partial charge in [-0.1, -0.05) is 34.1 Å². The minimum Gasteiger partial charge on any atom is -0.317 e. The number of hydrogen-bond donors (Lipinski definition) is 0. The lowest BCUT2D eigenvalue weighted by Gasteiger charge is -2.13. The lowest BCUT2D eigenvalue weighted by atomic mass is 10.1. The van der Waals surface area contributed by atoms with Gasteiger partial charge in [0, 0.05) is 12.5 Å². The van der Waals surface area contributed by atoms with Gasteiger partial charge in [-0.25, -0.2) is 0 Å². The molecular formula is C11H21N3. The highest BCUT2D eigenvalue weighted by Gasteiger charge is 2.12. The second-order valence-electron chi connectivity index (χ2n) is 4.43. The van der Waals surface area contributed by atoms with Crippen molar-refractivity contribution in [1.82, 2.24) is 14.8 Å². The van der Waals surface area contributed by atoms with Crippen LogP contribution in [0.15, 0.2) is 6.33 Å². The quantitative estimate of drug-likeness (QED) is 0.723. The number of nitrogens with zero attached hydrogens (tertiary/aromatic N) is 3. The first-order valence-corrected chi connectivity index (χ1v) is 5.52. The van der Waals surface area contributed by atoms with Crippen LogP contribution in [0.3, 0.4) is 0 Å². The van der Waals surface area contributed by atoms with Gasteiger partial charge >= 0.3 is 0 Å². The molecule has 0 bridgehead atoms. The molecule has 14 heavy (non-hydrogen) atoms. The van der Waals surface area contributed by atoms with Crippen LogP contribution in [-0.2, 0) is 6.54 Å². The molecule has 0 saturated heterocycles. The van der Waals surface area contributed by atoms with Crippen molar-refractivity contribution in [3.63, 3.8) is 0 Å². The first kappa shape index (κ1) is 11.2. The lowest BCUT2D eigenvalue weighted by molar-refractivity contribution is 0.484. The van der Waals surface area contributed by atoms with Crippen LogP contribution in [0.1, 0.15) is 52.3 Å². The summed E-state index contributed by atoms with van der Waals surface area (Å²) in [7, 11) is 0. The van der Waals surface area contributed by atoms with Gasteiger partial charge in [0.2, 0.25) is 0 Å². The van der Waals surface area contributed by atoms with Gasteiger partial charge in [0.1, 0.15) is 12.2 Å². The van der Waals surface area contributed by atoms with E-state index in [-0.39, 0.29) is 0 Å². The summed E-state index contributed by atoms with van der Waals surface area (Å²) in [5, 5.41) is 8.19. The Balaban J connectivity index is 2.70. The van der Waals surface area contributed by atoms with Crippen LogP contribution in [0, 0.1) is 5.92 Å². The molecule has 0 aliphatic carbocycles. The van der Waals surface area contributed by atoms with Crippen molar-refractivity contribution in [3.05, 3.63) is 12.2 Å². The van der Waals surface area contributed by atoms with Gasteiger partial charge in [-0.2, -0.15) is 0 Å². The average Bonchev–Trinajstić information content (AvgIpc) is 2.51. The Hall–Kier alpha value is -0.860. The zero-order valence-electron chi connectivity index (χ0n) is 9.70. The van der Waals surface area contributed by atoms with Crippen LogP contribution < -0.4 is 0 Å². The van der Waals surface area contributed by atoms with Crippen LogP contribution in [-0.4, -0.2) is 14.8 Å². The summed E-state index contributed by atoms with van der Waals surface area (Å²) in [5.41, 5.74) is 0. The third-order valence-corrected chi connectivity index (χ3v) is 2.37. The highest BCUT2D eigenvalue weighted by molar-refractivity contribution is 4.94. The molecule has 0 aromatic carbocycles. The van der Waals surface area contributed by atoms with Crippen molar-refractivity contribution in [1.29, 1.82) is 0 Å². The molecule has 1 aromatic heterocycles. The first-order valence-electron chi connectivity index (χ1n) is 5.52. The van der Waals surface area contributed by atoms with Crippen molar-refractivity contribution in [2.45, 2.75) is 53.0 Å². The van der Waals surface area contributed by atoms with E-state index in [4.69, 9.17) is 0 Å². The van der Waals surface area contributed by atoms with E-state index in [1.54, 1.807) is 0 Å². The minimum atomic E-state index is 0.529. The molecule has 1 rings (SSSR count). The van der Waals surface area contributed by atoms with Gasteiger partial charge in [0.15, 0.2) is 0 Å². The summed E-state index contributed by atoms with van der Waals surface area (Å²) in [4.78, 5) is 0. The molecule has 1 atom stereocenters. The monoisotopic (exact) mass is 195 g/mol. The smallest absolute Gasteiger partial charge is 0.135 e. The molecule has 0 aliphatic rings. The fourth-order valence-corrected chi connectivity index (χ4v) is 1.74. The third-order valence-electron chi connectivity index (χ3n) is 2.37. The normalized spacial score (nSPS) is 13.5. The molecular weight excluding hydrogens is 174 g/mol. The molecule has 1 aromatic rings. The predicted molar refractivity (Wildman–Crippen MR) is 58.2 cm³/mol. The van der Waals surface area contributed by atoms with E-state index in [0.29, 0.717) is 11.8 Å². The second kappa shape index (κ2) is 5.13. The zero-order chi connectivity index (χ0) is 10.6. The Kier molecular flexibility index (Phi) is 4.11. The summed E-state index contributed by atoms with van der Waals surface area (Å²) in [6.45, 7) is 9.89. The van der Waals surface area contributed by atoms with Crippen molar-refractivity contribution < 1.29 is 0 Å². The summed E-state index contributed by atoms with van der Waals surface area (Å²) < 4.78 is 2.19.